The summed E-state index contributed by atoms with van der Waals surface area (Å²) in [7, 11) is 0. The van der Waals surface area contributed by atoms with E-state index in [0.29, 0.717) is 5.41 Å². The van der Waals surface area contributed by atoms with Crippen molar-refractivity contribution in [3.8, 4) is 0 Å². The fourth-order valence-electron chi connectivity index (χ4n) is 2.55. The van der Waals surface area contributed by atoms with Gasteiger partial charge < -0.3 is 10.6 Å². The van der Waals surface area contributed by atoms with Crippen molar-refractivity contribution in [1.29, 1.82) is 0 Å². The van der Waals surface area contributed by atoms with Crippen molar-refractivity contribution in [3.05, 3.63) is 11.4 Å². The minimum Gasteiger partial charge on any atom is -0.370 e. The van der Waals surface area contributed by atoms with Gasteiger partial charge in [0.15, 0.2) is 0 Å². The molecule has 1 heterocycles. The Bertz CT molecular complexity index is 468. The summed E-state index contributed by atoms with van der Waals surface area (Å²) < 4.78 is 0. The quantitative estimate of drug-likeness (QED) is 0.798. The third kappa shape index (κ3) is 3.41. The Morgan fingerprint density at radius 2 is 1.75 bits per heavy atom. The van der Waals surface area contributed by atoms with Crippen LogP contribution < -0.4 is 10.6 Å². The Hall–Kier alpha value is -1.32. The molecular formula is C16H28N4. The van der Waals surface area contributed by atoms with Crippen LogP contribution in [0, 0.1) is 18.3 Å². The molecule has 1 saturated carbocycles. The number of nitrogens with zero attached hydrogens (tertiary/aromatic N) is 2. The smallest absolute Gasteiger partial charge is 0.134 e. The molecule has 112 valence electrons. The van der Waals surface area contributed by atoms with Crippen molar-refractivity contribution in [2.24, 2.45) is 11.3 Å². The summed E-state index contributed by atoms with van der Waals surface area (Å²) in [6, 6.07) is 0. The molecular weight excluding hydrogens is 248 g/mol. The molecule has 4 heteroatoms. The zero-order chi connectivity index (χ0) is 14.8. The van der Waals surface area contributed by atoms with Crippen LogP contribution in [0.25, 0.3) is 0 Å². The standard InChI is InChI=1S/C16H28N4/c1-6-8-13-19-14(17-7-2)11(3)15(20-13)18-10-12-9-16(12,4)5/h12H,6-10H2,1-5H3,(H2,17,18,19,20). The molecule has 1 fully saturated rings. The van der Waals surface area contributed by atoms with Crippen LogP contribution in [0.2, 0.25) is 0 Å². The summed E-state index contributed by atoms with van der Waals surface area (Å²) in [5, 5.41) is 6.88. The summed E-state index contributed by atoms with van der Waals surface area (Å²) in [4.78, 5) is 9.31. The van der Waals surface area contributed by atoms with Gasteiger partial charge >= 0.3 is 0 Å². The van der Waals surface area contributed by atoms with E-state index in [1.807, 2.05) is 0 Å². The van der Waals surface area contributed by atoms with Crippen molar-refractivity contribution in [1.82, 2.24) is 9.97 Å². The van der Waals surface area contributed by atoms with Gasteiger partial charge in [0.2, 0.25) is 0 Å². The normalized spacial score (nSPS) is 19.8. The number of aryl methyl sites for hydroxylation is 1. The third-order valence-corrected chi connectivity index (χ3v) is 4.24. The first kappa shape index (κ1) is 15.1. The summed E-state index contributed by atoms with van der Waals surface area (Å²) >= 11 is 0. The van der Waals surface area contributed by atoms with Crippen molar-refractivity contribution in [2.75, 3.05) is 23.7 Å². The molecule has 1 aromatic rings. The van der Waals surface area contributed by atoms with E-state index < -0.39 is 0 Å². The molecule has 1 aromatic heterocycles. The van der Waals surface area contributed by atoms with Gasteiger partial charge in [-0.05, 0) is 38.0 Å². The second-order valence-electron chi connectivity index (χ2n) is 6.51. The molecule has 0 aromatic carbocycles. The highest BCUT2D eigenvalue weighted by Gasteiger charge is 2.45. The van der Waals surface area contributed by atoms with Crippen LogP contribution in [0.3, 0.4) is 0 Å². The van der Waals surface area contributed by atoms with Crippen molar-refractivity contribution >= 4 is 11.6 Å². The van der Waals surface area contributed by atoms with Crippen LogP contribution in [0.4, 0.5) is 11.6 Å². The number of anilines is 2. The van der Waals surface area contributed by atoms with Gasteiger partial charge in [0, 0.05) is 25.1 Å². The van der Waals surface area contributed by atoms with Gasteiger partial charge in [-0.2, -0.15) is 0 Å². The molecule has 4 nitrogen and oxygen atoms in total. The van der Waals surface area contributed by atoms with Crippen molar-refractivity contribution < 1.29 is 0 Å². The highest BCUT2D eigenvalue weighted by molar-refractivity contribution is 5.57. The Balaban J connectivity index is 2.12. The molecule has 1 atom stereocenters. The molecule has 0 bridgehead atoms. The highest BCUT2D eigenvalue weighted by atomic mass is 15.1. The molecule has 20 heavy (non-hydrogen) atoms. The van der Waals surface area contributed by atoms with E-state index in [2.05, 4.69) is 50.2 Å². The molecule has 1 aliphatic carbocycles. The monoisotopic (exact) mass is 276 g/mol. The van der Waals surface area contributed by atoms with Gasteiger partial charge in [0.25, 0.3) is 0 Å². The van der Waals surface area contributed by atoms with Gasteiger partial charge in [-0.1, -0.05) is 20.8 Å². The van der Waals surface area contributed by atoms with E-state index in [4.69, 9.17) is 4.98 Å². The van der Waals surface area contributed by atoms with Crippen LogP contribution in [0.15, 0.2) is 0 Å². The zero-order valence-electron chi connectivity index (χ0n) is 13.5. The SMILES string of the molecule is CCCc1nc(NCC)c(C)c(NCC2CC2(C)C)n1. The number of nitrogens with one attached hydrogen (secondary N) is 2. The van der Waals surface area contributed by atoms with E-state index in [-0.39, 0.29) is 0 Å². The minimum atomic E-state index is 0.505. The van der Waals surface area contributed by atoms with Gasteiger partial charge in [0.1, 0.15) is 17.5 Å². The van der Waals surface area contributed by atoms with Gasteiger partial charge in [0.05, 0.1) is 0 Å². The lowest BCUT2D eigenvalue weighted by molar-refractivity contribution is 0.572. The fourth-order valence-corrected chi connectivity index (χ4v) is 2.55. The Kier molecular flexibility index (Phi) is 4.51. The average molecular weight is 276 g/mol. The molecule has 0 saturated heterocycles. The molecule has 1 unspecified atom stereocenters. The van der Waals surface area contributed by atoms with Crippen LogP contribution in [0.5, 0.6) is 0 Å². The highest BCUT2D eigenvalue weighted by Crippen LogP contribution is 2.51. The lowest BCUT2D eigenvalue weighted by atomic mass is 10.1. The predicted molar refractivity (Wildman–Crippen MR) is 85.3 cm³/mol. The van der Waals surface area contributed by atoms with Gasteiger partial charge in [-0.25, -0.2) is 9.97 Å². The molecule has 0 radical (unpaired) electrons. The molecule has 1 aliphatic rings. The average Bonchev–Trinajstić information content (AvgIpc) is 3.00. The summed E-state index contributed by atoms with van der Waals surface area (Å²) in [6.45, 7) is 12.9. The number of hydrogen-bond acceptors (Lipinski definition) is 4. The fraction of sp³-hybridized carbons (Fsp3) is 0.750. The van der Waals surface area contributed by atoms with Crippen molar-refractivity contribution in [3.63, 3.8) is 0 Å². The lowest BCUT2D eigenvalue weighted by Crippen LogP contribution is -2.14. The Morgan fingerprint density at radius 1 is 1.15 bits per heavy atom. The predicted octanol–water partition coefficient (Wildman–Crippen LogP) is 3.63. The lowest BCUT2D eigenvalue weighted by Gasteiger charge is -2.15. The third-order valence-electron chi connectivity index (χ3n) is 4.24. The summed E-state index contributed by atoms with van der Waals surface area (Å²) in [5.41, 5.74) is 1.63. The number of rotatable bonds is 7. The van der Waals surface area contributed by atoms with Crippen LogP contribution in [-0.4, -0.2) is 23.1 Å². The van der Waals surface area contributed by atoms with Crippen LogP contribution in [0.1, 0.15) is 51.9 Å². The Morgan fingerprint density at radius 3 is 2.25 bits per heavy atom. The van der Waals surface area contributed by atoms with Crippen molar-refractivity contribution in [2.45, 2.75) is 53.9 Å². The number of hydrogen-bond donors (Lipinski definition) is 2. The topological polar surface area (TPSA) is 49.8 Å². The zero-order valence-corrected chi connectivity index (χ0v) is 13.5. The molecule has 2 N–H and O–H groups in total. The Labute approximate surface area is 122 Å². The van der Waals surface area contributed by atoms with E-state index >= 15 is 0 Å². The minimum absolute atomic E-state index is 0.505. The maximum atomic E-state index is 4.69. The number of aromatic nitrogens is 2. The van der Waals surface area contributed by atoms with E-state index in [1.54, 1.807) is 0 Å². The molecule has 0 spiro atoms. The first-order chi connectivity index (χ1) is 9.47. The van der Waals surface area contributed by atoms with Gasteiger partial charge in [-0.15, -0.1) is 0 Å². The first-order valence-corrected chi connectivity index (χ1v) is 7.83. The molecule has 0 amide bonds. The maximum absolute atomic E-state index is 4.69. The maximum Gasteiger partial charge on any atom is 0.134 e. The second-order valence-corrected chi connectivity index (χ2v) is 6.51. The summed E-state index contributed by atoms with van der Waals surface area (Å²) in [6.07, 6.45) is 3.32. The summed E-state index contributed by atoms with van der Waals surface area (Å²) in [5.74, 6) is 3.69. The van der Waals surface area contributed by atoms with Gasteiger partial charge in [-0.3, -0.25) is 0 Å². The molecule has 2 rings (SSSR count). The largest absolute Gasteiger partial charge is 0.370 e. The molecule has 0 aliphatic heterocycles. The van der Waals surface area contributed by atoms with Crippen LogP contribution >= 0.6 is 0 Å². The first-order valence-electron chi connectivity index (χ1n) is 7.83. The second kappa shape index (κ2) is 5.98. The van der Waals surface area contributed by atoms with Crippen LogP contribution in [-0.2, 0) is 6.42 Å². The van der Waals surface area contributed by atoms with E-state index in [9.17, 15) is 0 Å². The van der Waals surface area contributed by atoms with E-state index in [1.165, 1.54) is 6.42 Å². The van der Waals surface area contributed by atoms with E-state index in [0.717, 1.165) is 54.9 Å².